The third-order valence-electron chi connectivity index (χ3n) is 2.49. The zero-order valence-electron chi connectivity index (χ0n) is 9.04. The normalized spacial score (nSPS) is 10.1. The highest BCUT2D eigenvalue weighted by molar-refractivity contribution is 5.78. The summed E-state index contributed by atoms with van der Waals surface area (Å²) in [6, 6.07) is 10.8. The van der Waals surface area contributed by atoms with Gasteiger partial charge in [-0.2, -0.15) is 0 Å². The highest BCUT2D eigenvalue weighted by atomic mass is 16.3. The fourth-order valence-electron chi connectivity index (χ4n) is 1.60. The second kappa shape index (κ2) is 4.65. The molecule has 0 aliphatic heterocycles. The summed E-state index contributed by atoms with van der Waals surface area (Å²) in [5.41, 5.74) is 0.268. The van der Waals surface area contributed by atoms with E-state index in [9.17, 15) is 14.7 Å². The largest absolute Gasteiger partial charge is 0.507 e. The van der Waals surface area contributed by atoms with Crippen LogP contribution in [0.2, 0.25) is 0 Å². The summed E-state index contributed by atoms with van der Waals surface area (Å²) >= 11 is 0. The predicted octanol–water partition coefficient (Wildman–Crippen LogP) is 1.41. The molecular formula is C13H11NO3. The molecule has 1 aromatic carbocycles. The van der Waals surface area contributed by atoms with E-state index in [1.165, 1.54) is 16.8 Å². The van der Waals surface area contributed by atoms with Gasteiger partial charge in [-0.3, -0.25) is 9.59 Å². The maximum Gasteiger partial charge on any atom is 0.265 e. The molecule has 2 aromatic rings. The Labute approximate surface area is 97.8 Å². The topological polar surface area (TPSA) is 59.3 Å². The van der Waals surface area contributed by atoms with Gasteiger partial charge in [0.2, 0.25) is 0 Å². The number of aromatic hydroxyl groups is 1. The first-order chi connectivity index (χ1) is 8.22. The van der Waals surface area contributed by atoms with Gasteiger partial charge in [0.15, 0.2) is 6.29 Å². The summed E-state index contributed by atoms with van der Waals surface area (Å²) in [4.78, 5) is 22.5. The first kappa shape index (κ1) is 11.1. The first-order valence-corrected chi connectivity index (χ1v) is 5.14. The number of hydrogen-bond acceptors (Lipinski definition) is 3. The lowest BCUT2D eigenvalue weighted by Crippen LogP contribution is -2.23. The number of carbonyl (C=O) groups is 1. The van der Waals surface area contributed by atoms with Crippen molar-refractivity contribution >= 4 is 6.29 Å². The Morgan fingerprint density at radius 1 is 1.18 bits per heavy atom. The minimum Gasteiger partial charge on any atom is -0.507 e. The molecule has 0 fully saturated rings. The fraction of sp³-hybridized carbons (Fsp3) is 0.0769. The van der Waals surface area contributed by atoms with Crippen LogP contribution in [0.3, 0.4) is 0 Å². The highest BCUT2D eigenvalue weighted by Gasteiger charge is 2.08. The molecule has 2 rings (SSSR count). The van der Waals surface area contributed by atoms with Crippen molar-refractivity contribution in [2.45, 2.75) is 6.54 Å². The van der Waals surface area contributed by atoms with Crippen molar-refractivity contribution in [1.82, 2.24) is 4.57 Å². The Bertz CT molecular complexity index is 587. The summed E-state index contributed by atoms with van der Waals surface area (Å²) in [5.74, 6) is -0.283. The lowest BCUT2D eigenvalue weighted by molar-refractivity contribution is 0.111. The van der Waals surface area contributed by atoms with Gasteiger partial charge in [-0.1, -0.05) is 30.3 Å². The lowest BCUT2D eigenvalue weighted by Gasteiger charge is -2.07. The van der Waals surface area contributed by atoms with E-state index in [2.05, 4.69) is 0 Å². The molecule has 1 heterocycles. The van der Waals surface area contributed by atoms with Crippen LogP contribution in [0.5, 0.6) is 5.75 Å². The van der Waals surface area contributed by atoms with Crippen LogP contribution in [0, 0.1) is 0 Å². The molecule has 0 radical (unpaired) electrons. The monoisotopic (exact) mass is 229 g/mol. The molecular weight excluding hydrogens is 218 g/mol. The third-order valence-corrected chi connectivity index (χ3v) is 2.49. The molecule has 0 aliphatic rings. The molecule has 86 valence electrons. The van der Waals surface area contributed by atoms with Crippen LogP contribution < -0.4 is 5.56 Å². The fourth-order valence-corrected chi connectivity index (χ4v) is 1.60. The Morgan fingerprint density at radius 2 is 1.88 bits per heavy atom. The molecule has 4 heteroatoms. The average Bonchev–Trinajstić information content (AvgIpc) is 2.35. The van der Waals surface area contributed by atoms with Crippen molar-refractivity contribution in [3.05, 3.63) is 64.1 Å². The summed E-state index contributed by atoms with van der Waals surface area (Å²) in [6.07, 6.45) is 1.84. The van der Waals surface area contributed by atoms with Gasteiger partial charge in [0.05, 0.1) is 6.54 Å². The van der Waals surface area contributed by atoms with Gasteiger partial charge >= 0.3 is 0 Å². The zero-order chi connectivity index (χ0) is 12.3. The minimum absolute atomic E-state index is 0.205. The van der Waals surface area contributed by atoms with Crippen LogP contribution in [0.25, 0.3) is 0 Å². The summed E-state index contributed by atoms with van der Waals surface area (Å²) < 4.78 is 1.39. The van der Waals surface area contributed by atoms with Crippen molar-refractivity contribution in [3.8, 4) is 5.75 Å². The molecule has 17 heavy (non-hydrogen) atoms. The number of pyridine rings is 1. The van der Waals surface area contributed by atoms with Gasteiger partial charge in [0.25, 0.3) is 5.56 Å². The van der Waals surface area contributed by atoms with Crippen LogP contribution >= 0.6 is 0 Å². The van der Waals surface area contributed by atoms with E-state index in [0.29, 0.717) is 12.8 Å². The van der Waals surface area contributed by atoms with Gasteiger partial charge in [0, 0.05) is 6.20 Å². The molecule has 1 N–H and O–H groups in total. The Balaban J connectivity index is 2.41. The van der Waals surface area contributed by atoms with Crippen LogP contribution in [-0.2, 0) is 6.54 Å². The second-order valence-corrected chi connectivity index (χ2v) is 3.65. The standard InChI is InChI=1S/C13H11NO3/c15-9-11-12(16)6-7-14(13(11)17)8-10-4-2-1-3-5-10/h1-7,9,16H,8H2. The smallest absolute Gasteiger partial charge is 0.265 e. The van der Waals surface area contributed by atoms with Crippen LogP contribution in [-0.4, -0.2) is 16.0 Å². The number of hydrogen-bond donors (Lipinski definition) is 1. The molecule has 1 aromatic heterocycles. The maximum absolute atomic E-state index is 11.8. The Hall–Kier alpha value is -2.36. The average molecular weight is 229 g/mol. The Kier molecular flexibility index (Phi) is 3.05. The number of carbonyl (C=O) groups excluding carboxylic acids is 1. The van der Waals surface area contributed by atoms with Crippen molar-refractivity contribution in [2.24, 2.45) is 0 Å². The van der Waals surface area contributed by atoms with Crippen LogP contribution in [0.4, 0.5) is 0 Å². The van der Waals surface area contributed by atoms with Gasteiger partial charge in [0.1, 0.15) is 11.3 Å². The van der Waals surface area contributed by atoms with E-state index in [1.807, 2.05) is 30.3 Å². The first-order valence-electron chi connectivity index (χ1n) is 5.14. The molecule has 0 saturated carbocycles. The van der Waals surface area contributed by atoms with Gasteiger partial charge < -0.3 is 9.67 Å². The molecule has 0 saturated heterocycles. The highest BCUT2D eigenvalue weighted by Crippen LogP contribution is 2.09. The van der Waals surface area contributed by atoms with E-state index in [1.54, 1.807) is 0 Å². The third kappa shape index (κ3) is 2.25. The SMILES string of the molecule is O=Cc1c(O)ccn(Cc2ccccc2)c1=O. The molecule has 0 unspecified atom stereocenters. The van der Waals surface area contributed by atoms with Crippen LogP contribution in [0.15, 0.2) is 47.4 Å². The van der Waals surface area contributed by atoms with E-state index in [4.69, 9.17) is 0 Å². The van der Waals surface area contributed by atoms with Crippen molar-refractivity contribution in [2.75, 3.05) is 0 Å². The van der Waals surface area contributed by atoms with Crippen molar-refractivity contribution in [3.63, 3.8) is 0 Å². The molecule has 0 amide bonds. The summed E-state index contributed by atoms with van der Waals surface area (Å²) in [7, 11) is 0. The summed E-state index contributed by atoms with van der Waals surface area (Å²) in [5, 5.41) is 9.34. The minimum atomic E-state index is -0.483. The second-order valence-electron chi connectivity index (χ2n) is 3.65. The number of benzene rings is 1. The van der Waals surface area contributed by atoms with E-state index >= 15 is 0 Å². The molecule has 4 nitrogen and oxygen atoms in total. The van der Waals surface area contributed by atoms with E-state index in [0.717, 1.165) is 5.56 Å². The van der Waals surface area contributed by atoms with E-state index < -0.39 is 5.56 Å². The van der Waals surface area contributed by atoms with Crippen molar-refractivity contribution in [1.29, 1.82) is 0 Å². The molecule has 0 spiro atoms. The van der Waals surface area contributed by atoms with E-state index in [-0.39, 0.29) is 11.3 Å². The lowest BCUT2D eigenvalue weighted by atomic mass is 10.2. The number of nitrogens with zero attached hydrogens (tertiary/aromatic N) is 1. The van der Waals surface area contributed by atoms with Gasteiger partial charge in [-0.15, -0.1) is 0 Å². The molecule has 0 aliphatic carbocycles. The Morgan fingerprint density at radius 3 is 2.53 bits per heavy atom. The zero-order valence-corrected chi connectivity index (χ0v) is 9.04. The maximum atomic E-state index is 11.8. The number of aromatic nitrogens is 1. The van der Waals surface area contributed by atoms with Gasteiger partial charge in [-0.25, -0.2) is 0 Å². The number of aldehydes is 1. The molecule has 0 atom stereocenters. The number of rotatable bonds is 3. The molecule has 0 bridgehead atoms. The quantitative estimate of drug-likeness (QED) is 0.809. The van der Waals surface area contributed by atoms with Crippen molar-refractivity contribution < 1.29 is 9.90 Å². The van der Waals surface area contributed by atoms with Gasteiger partial charge in [-0.05, 0) is 11.6 Å². The van der Waals surface area contributed by atoms with Crippen LogP contribution in [0.1, 0.15) is 15.9 Å². The summed E-state index contributed by atoms with van der Waals surface area (Å²) in [6.45, 7) is 0.376. The predicted molar refractivity (Wildman–Crippen MR) is 63.3 cm³/mol.